The van der Waals surface area contributed by atoms with E-state index in [4.69, 9.17) is 4.74 Å². The average molecular weight is 283 g/mol. The number of para-hydroxylation sites is 1. The minimum Gasteiger partial charge on any atom is -0.481 e. The van der Waals surface area contributed by atoms with E-state index in [-0.39, 0.29) is 5.91 Å². The molecule has 3 nitrogen and oxygen atoms in total. The smallest absolute Gasteiger partial charge is 0.265 e. The molecule has 0 spiro atoms. The van der Waals surface area contributed by atoms with Crippen molar-refractivity contribution in [1.29, 1.82) is 0 Å². The van der Waals surface area contributed by atoms with Gasteiger partial charge in [0.25, 0.3) is 5.91 Å². The second-order valence-electron chi connectivity index (χ2n) is 5.12. The Morgan fingerprint density at radius 2 is 1.81 bits per heavy atom. The lowest BCUT2D eigenvalue weighted by molar-refractivity contribution is -0.122. The highest BCUT2D eigenvalue weighted by molar-refractivity contribution is 5.94. The number of benzene rings is 2. The molecule has 1 amide bonds. The number of ether oxygens (including phenoxy) is 1. The van der Waals surface area contributed by atoms with Crippen molar-refractivity contribution >= 4 is 11.6 Å². The number of anilines is 1. The summed E-state index contributed by atoms with van der Waals surface area (Å²) in [7, 11) is 0. The Bertz CT molecular complexity index is 608. The third kappa shape index (κ3) is 4.09. The normalized spacial score (nSPS) is 11.8. The highest BCUT2D eigenvalue weighted by Gasteiger charge is 2.18. The number of amides is 1. The van der Waals surface area contributed by atoms with Gasteiger partial charge in [0.05, 0.1) is 0 Å². The molecule has 2 aromatic carbocycles. The van der Waals surface area contributed by atoms with Crippen LogP contribution >= 0.6 is 0 Å². The number of nitrogens with one attached hydrogen (secondary N) is 1. The Morgan fingerprint density at radius 3 is 2.43 bits per heavy atom. The zero-order valence-electron chi connectivity index (χ0n) is 12.7. The Kier molecular flexibility index (Phi) is 4.99. The van der Waals surface area contributed by atoms with E-state index in [1.54, 1.807) is 0 Å². The van der Waals surface area contributed by atoms with Crippen molar-refractivity contribution in [3.8, 4) is 5.75 Å². The molecule has 0 saturated heterocycles. The summed E-state index contributed by atoms with van der Waals surface area (Å²) in [5.74, 6) is 0.587. The number of rotatable bonds is 5. The van der Waals surface area contributed by atoms with E-state index in [1.807, 2.05) is 69.3 Å². The number of carbonyl (C=O) groups excluding carboxylic acids is 1. The fourth-order valence-electron chi connectivity index (χ4n) is 2.03. The third-order valence-electron chi connectivity index (χ3n) is 3.46. The average Bonchev–Trinajstić information content (AvgIpc) is 2.49. The highest BCUT2D eigenvalue weighted by atomic mass is 16.5. The maximum Gasteiger partial charge on any atom is 0.265 e. The van der Waals surface area contributed by atoms with Crippen LogP contribution in [0.2, 0.25) is 0 Å². The van der Waals surface area contributed by atoms with Gasteiger partial charge >= 0.3 is 0 Å². The van der Waals surface area contributed by atoms with Crippen LogP contribution in [0.4, 0.5) is 5.69 Å². The number of hydrogen-bond donors (Lipinski definition) is 1. The van der Waals surface area contributed by atoms with Gasteiger partial charge in [0.1, 0.15) is 5.75 Å². The summed E-state index contributed by atoms with van der Waals surface area (Å²) in [5.41, 5.74) is 3.17. The van der Waals surface area contributed by atoms with Gasteiger partial charge in [-0.25, -0.2) is 0 Å². The molecule has 0 aliphatic carbocycles. The molecule has 3 heteroatoms. The van der Waals surface area contributed by atoms with Gasteiger partial charge in [-0.15, -0.1) is 0 Å². The molecule has 0 fully saturated rings. The van der Waals surface area contributed by atoms with Crippen LogP contribution in [0.15, 0.2) is 48.5 Å². The molecule has 1 unspecified atom stereocenters. The van der Waals surface area contributed by atoms with Gasteiger partial charge in [0.2, 0.25) is 0 Å². The molecule has 0 aliphatic rings. The molecule has 110 valence electrons. The van der Waals surface area contributed by atoms with Gasteiger partial charge in [0.15, 0.2) is 6.10 Å². The molecule has 0 saturated carbocycles. The molecule has 0 aromatic heterocycles. The topological polar surface area (TPSA) is 38.3 Å². The van der Waals surface area contributed by atoms with Gasteiger partial charge in [-0.1, -0.05) is 31.2 Å². The quantitative estimate of drug-likeness (QED) is 0.897. The fraction of sp³-hybridized carbons (Fsp3) is 0.278. The van der Waals surface area contributed by atoms with Crippen LogP contribution in [0.1, 0.15) is 24.5 Å². The van der Waals surface area contributed by atoms with Crippen molar-refractivity contribution < 1.29 is 9.53 Å². The van der Waals surface area contributed by atoms with Gasteiger partial charge in [-0.05, 0) is 55.7 Å². The second kappa shape index (κ2) is 6.93. The van der Waals surface area contributed by atoms with E-state index in [9.17, 15) is 4.79 Å². The van der Waals surface area contributed by atoms with Gasteiger partial charge in [0, 0.05) is 5.69 Å². The standard InChI is InChI=1S/C18H21NO2/c1-4-17(21-16-8-6-5-7-9-16)18(20)19-15-11-10-13(2)14(3)12-15/h5-12,17H,4H2,1-3H3,(H,19,20). The van der Waals surface area contributed by atoms with E-state index in [1.165, 1.54) is 5.56 Å². The first kappa shape index (κ1) is 15.1. The molecule has 0 heterocycles. The number of carbonyl (C=O) groups is 1. The lowest BCUT2D eigenvalue weighted by atomic mass is 10.1. The molecular formula is C18H21NO2. The van der Waals surface area contributed by atoms with Crippen molar-refractivity contribution in [3.63, 3.8) is 0 Å². The van der Waals surface area contributed by atoms with Crippen molar-refractivity contribution in [1.82, 2.24) is 0 Å². The third-order valence-corrected chi connectivity index (χ3v) is 3.46. The molecule has 2 rings (SSSR count). The SMILES string of the molecule is CCC(Oc1ccccc1)C(=O)Nc1ccc(C)c(C)c1. The van der Waals surface area contributed by atoms with Crippen molar-refractivity contribution in [2.24, 2.45) is 0 Å². The summed E-state index contributed by atoms with van der Waals surface area (Å²) in [4.78, 5) is 12.3. The highest BCUT2D eigenvalue weighted by Crippen LogP contribution is 2.17. The maximum absolute atomic E-state index is 12.3. The fourth-order valence-corrected chi connectivity index (χ4v) is 2.03. The first-order valence-corrected chi connectivity index (χ1v) is 7.20. The summed E-state index contributed by atoms with van der Waals surface area (Å²) in [6.07, 6.45) is 0.125. The van der Waals surface area contributed by atoms with Crippen LogP contribution < -0.4 is 10.1 Å². The molecule has 21 heavy (non-hydrogen) atoms. The zero-order chi connectivity index (χ0) is 15.2. The Balaban J connectivity index is 2.04. The number of hydrogen-bond acceptors (Lipinski definition) is 2. The van der Waals surface area contributed by atoms with E-state index in [2.05, 4.69) is 5.32 Å². The van der Waals surface area contributed by atoms with E-state index >= 15 is 0 Å². The predicted octanol–water partition coefficient (Wildman–Crippen LogP) is 4.10. The molecule has 1 N–H and O–H groups in total. The summed E-state index contributed by atoms with van der Waals surface area (Å²) in [6.45, 7) is 6.02. The van der Waals surface area contributed by atoms with E-state index in [0.29, 0.717) is 12.2 Å². The van der Waals surface area contributed by atoms with Crippen LogP contribution in [0.5, 0.6) is 5.75 Å². The van der Waals surface area contributed by atoms with Gasteiger partial charge in [-0.3, -0.25) is 4.79 Å². The largest absolute Gasteiger partial charge is 0.481 e. The summed E-state index contributed by atoms with van der Waals surface area (Å²) >= 11 is 0. The Hall–Kier alpha value is -2.29. The summed E-state index contributed by atoms with van der Waals surface area (Å²) in [6, 6.07) is 15.3. The van der Waals surface area contributed by atoms with Crippen LogP contribution in [0, 0.1) is 13.8 Å². The summed E-state index contributed by atoms with van der Waals surface area (Å²) in [5, 5.41) is 2.92. The van der Waals surface area contributed by atoms with Crippen LogP contribution in [0.25, 0.3) is 0 Å². The first-order valence-electron chi connectivity index (χ1n) is 7.20. The molecule has 1 atom stereocenters. The minimum absolute atomic E-state index is 0.121. The predicted molar refractivity (Wildman–Crippen MR) is 85.7 cm³/mol. The zero-order valence-corrected chi connectivity index (χ0v) is 12.7. The van der Waals surface area contributed by atoms with Crippen LogP contribution in [-0.4, -0.2) is 12.0 Å². The molecular weight excluding hydrogens is 262 g/mol. The Morgan fingerprint density at radius 1 is 1.10 bits per heavy atom. The first-order chi connectivity index (χ1) is 10.1. The summed E-state index contributed by atoms with van der Waals surface area (Å²) < 4.78 is 5.74. The van der Waals surface area contributed by atoms with Gasteiger partial charge < -0.3 is 10.1 Å². The monoisotopic (exact) mass is 283 g/mol. The van der Waals surface area contributed by atoms with Crippen LogP contribution in [-0.2, 0) is 4.79 Å². The molecule has 0 bridgehead atoms. The Labute approximate surface area is 126 Å². The molecule has 0 radical (unpaired) electrons. The van der Waals surface area contributed by atoms with E-state index in [0.717, 1.165) is 11.3 Å². The van der Waals surface area contributed by atoms with Crippen molar-refractivity contribution in [2.75, 3.05) is 5.32 Å². The maximum atomic E-state index is 12.3. The number of aryl methyl sites for hydroxylation is 2. The second-order valence-corrected chi connectivity index (χ2v) is 5.12. The van der Waals surface area contributed by atoms with Crippen molar-refractivity contribution in [3.05, 3.63) is 59.7 Å². The van der Waals surface area contributed by atoms with E-state index < -0.39 is 6.10 Å². The lowest BCUT2D eigenvalue weighted by Crippen LogP contribution is -2.32. The van der Waals surface area contributed by atoms with Crippen molar-refractivity contribution in [2.45, 2.75) is 33.3 Å². The lowest BCUT2D eigenvalue weighted by Gasteiger charge is -2.17. The minimum atomic E-state index is -0.492. The molecule has 2 aromatic rings. The van der Waals surface area contributed by atoms with Gasteiger partial charge in [-0.2, -0.15) is 0 Å². The molecule has 0 aliphatic heterocycles. The van der Waals surface area contributed by atoms with Crippen LogP contribution in [0.3, 0.4) is 0 Å².